The summed E-state index contributed by atoms with van der Waals surface area (Å²) in [5, 5.41) is 2.97. The molecule has 16 heavy (non-hydrogen) atoms. The van der Waals surface area contributed by atoms with Crippen molar-refractivity contribution in [2.24, 2.45) is 11.7 Å². The Bertz CT molecular complexity index is 324. The number of benzene rings is 1. The van der Waals surface area contributed by atoms with Crippen molar-refractivity contribution in [1.82, 2.24) is 5.32 Å². The van der Waals surface area contributed by atoms with Gasteiger partial charge in [0.2, 0.25) is 5.91 Å². The maximum atomic E-state index is 11.8. The van der Waals surface area contributed by atoms with E-state index in [-0.39, 0.29) is 17.9 Å². The maximum absolute atomic E-state index is 11.8. The summed E-state index contributed by atoms with van der Waals surface area (Å²) in [4.78, 5) is 11.8. The van der Waals surface area contributed by atoms with Crippen LogP contribution in [0.3, 0.4) is 0 Å². The summed E-state index contributed by atoms with van der Waals surface area (Å²) in [7, 11) is 0. The molecule has 0 aliphatic rings. The third kappa shape index (κ3) is 3.35. The normalized spacial score (nSPS) is 14.2. The molecule has 0 aromatic heterocycles. The maximum Gasteiger partial charge on any atom is 0.223 e. The third-order valence-electron chi connectivity index (χ3n) is 2.81. The molecule has 1 aromatic carbocycles. The molecule has 1 aromatic rings. The van der Waals surface area contributed by atoms with Crippen molar-refractivity contribution in [2.45, 2.75) is 26.3 Å². The van der Waals surface area contributed by atoms with E-state index in [1.807, 2.05) is 44.2 Å². The number of nitrogens with two attached hydrogens (primary N) is 1. The number of rotatable bonds is 5. The Morgan fingerprint density at radius 3 is 2.50 bits per heavy atom. The molecule has 2 unspecified atom stereocenters. The van der Waals surface area contributed by atoms with Gasteiger partial charge in [-0.2, -0.15) is 0 Å². The molecule has 0 fully saturated rings. The first-order chi connectivity index (χ1) is 7.69. The zero-order valence-electron chi connectivity index (χ0n) is 9.94. The molecular weight excluding hydrogens is 200 g/mol. The molecular formula is C13H20N2O. The van der Waals surface area contributed by atoms with E-state index in [4.69, 9.17) is 5.73 Å². The highest BCUT2D eigenvalue weighted by Crippen LogP contribution is 2.12. The van der Waals surface area contributed by atoms with E-state index < -0.39 is 0 Å². The summed E-state index contributed by atoms with van der Waals surface area (Å²) in [5.41, 5.74) is 6.74. The van der Waals surface area contributed by atoms with E-state index >= 15 is 0 Å². The van der Waals surface area contributed by atoms with E-state index in [0.29, 0.717) is 6.54 Å². The minimum absolute atomic E-state index is 0.0396. The molecule has 0 radical (unpaired) electrons. The Balaban J connectivity index is 2.66. The van der Waals surface area contributed by atoms with Crippen LogP contribution in [-0.4, -0.2) is 12.5 Å². The van der Waals surface area contributed by atoms with Gasteiger partial charge >= 0.3 is 0 Å². The van der Waals surface area contributed by atoms with Crippen molar-refractivity contribution >= 4 is 5.91 Å². The summed E-state index contributed by atoms with van der Waals surface area (Å²) in [6.45, 7) is 4.35. The fourth-order valence-electron chi connectivity index (χ4n) is 1.46. The molecule has 88 valence electrons. The molecule has 3 N–H and O–H groups in total. The Morgan fingerprint density at radius 2 is 2.00 bits per heavy atom. The van der Waals surface area contributed by atoms with Crippen molar-refractivity contribution in [1.29, 1.82) is 0 Å². The summed E-state index contributed by atoms with van der Waals surface area (Å²) in [6, 6.07) is 9.74. The van der Waals surface area contributed by atoms with E-state index in [9.17, 15) is 4.79 Å². The van der Waals surface area contributed by atoms with Gasteiger partial charge < -0.3 is 11.1 Å². The van der Waals surface area contributed by atoms with Gasteiger partial charge in [-0.05, 0) is 12.0 Å². The number of hydrogen-bond donors (Lipinski definition) is 2. The zero-order valence-corrected chi connectivity index (χ0v) is 9.94. The molecule has 0 heterocycles. The second-order valence-electron chi connectivity index (χ2n) is 4.02. The highest BCUT2D eigenvalue weighted by molar-refractivity contribution is 5.78. The first-order valence-corrected chi connectivity index (χ1v) is 5.74. The minimum Gasteiger partial charge on any atom is -0.348 e. The number of hydrogen-bond acceptors (Lipinski definition) is 2. The number of carbonyl (C=O) groups is 1. The zero-order chi connectivity index (χ0) is 12.0. The molecule has 2 atom stereocenters. The van der Waals surface area contributed by atoms with Crippen LogP contribution in [0.15, 0.2) is 30.3 Å². The molecule has 0 bridgehead atoms. The van der Waals surface area contributed by atoms with Gasteiger partial charge in [-0.3, -0.25) is 4.79 Å². The first kappa shape index (κ1) is 12.7. The smallest absolute Gasteiger partial charge is 0.223 e. The molecule has 3 nitrogen and oxygen atoms in total. The van der Waals surface area contributed by atoms with Crippen LogP contribution < -0.4 is 11.1 Å². The van der Waals surface area contributed by atoms with Crippen molar-refractivity contribution < 1.29 is 4.79 Å². The van der Waals surface area contributed by atoms with Gasteiger partial charge in [-0.1, -0.05) is 44.2 Å². The van der Waals surface area contributed by atoms with Crippen LogP contribution in [0.25, 0.3) is 0 Å². The van der Waals surface area contributed by atoms with Crippen LogP contribution in [0, 0.1) is 5.92 Å². The number of amides is 1. The van der Waals surface area contributed by atoms with Crippen LogP contribution in [0.2, 0.25) is 0 Å². The van der Waals surface area contributed by atoms with Crippen molar-refractivity contribution in [3.05, 3.63) is 35.9 Å². The quantitative estimate of drug-likeness (QED) is 0.795. The molecule has 0 aliphatic heterocycles. The van der Waals surface area contributed by atoms with Crippen LogP contribution in [0.5, 0.6) is 0 Å². The molecule has 1 rings (SSSR count). The van der Waals surface area contributed by atoms with Gasteiger partial charge in [0, 0.05) is 12.5 Å². The standard InChI is InChI=1S/C13H20N2O/c1-3-10(2)13(16)15-12(9-14)11-7-5-4-6-8-11/h4-8,10,12H,3,9,14H2,1-2H3,(H,15,16). The van der Waals surface area contributed by atoms with Crippen molar-refractivity contribution in [3.63, 3.8) is 0 Å². The highest BCUT2D eigenvalue weighted by Gasteiger charge is 2.16. The van der Waals surface area contributed by atoms with Gasteiger partial charge in [-0.25, -0.2) is 0 Å². The molecule has 0 saturated heterocycles. The van der Waals surface area contributed by atoms with Crippen LogP contribution in [-0.2, 0) is 4.79 Å². The lowest BCUT2D eigenvalue weighted by Crippen LogP contribution is -2.36. The minimum atomic E-state index is -0.0808. The van der Waals surface area contributed by atoms with E-state index in [1.54, 1.807) is 0 Å². The van der Waals surface area contributed by atoms with Gasteiger partial charge in [0.1, 0.15) is 0 Å². The Morgan fingerprint density at radius 1 is 1.38 bits per heavy atom. The number of carbonyl (C=O) groups excluding carboxylic acids is 1. The molecule has 0 saturated carbocycles. The lowest BCUT2D eigenvalue weighted by Gasteiger charge is -2.19. The molecule has 3 heteroatoms. The summed E-state index contributed by atoms with van der Waals surface area (Å²) in [5.74, 6) is 0.111. The summed E-state index contributed by atoms with van der Waals surface area (Å²) < 4.78 is 0. The fraction of sp³-hybridized carbons (Fsp3) is 0.462. The van der Waals surface area contributed by atoms with Crippen LogP contribution in [0.4, 0.5) is 0 Å². The molecule has 0 aliphatic carbocycles. The third-order valence-corrected chi connectivity index (χ3v) is 2.81. The lowest BCUT2D eigenvalue weighted by molar-refractivity contribution is -0.125. The van der Waals surface area contributed by atoms with Gasteiger partial charge in [0.15, 0.2) is 0 Å². The van der Waals surface area contributed by atoms with Crippen LogP contribution in [0.1, 0.15) is 31.9 Å². The van der Waals surface area contributed by atoms with Gasteiger partial charge in [0.25, 0.3) is 0 Å². The summed E-state index contributed by atoms with van der Waals surface area (Å²) in [6.07, 6.45) is 0.845. The SMILES string of the molecule is CCC(C)C(=O)NC(CN)c1ccccc1. The highest BCUT2D eigenvalue weighted by atomic mass is 16.1. The van der Waals surface area contributed by atoms with E-state index in [0.717, 1.165) is 12.0 Å². The predicted molar refractivity (Wildman–Crippen MR) is 65.8 cm³/mol. The average Bonchev–Trinajstić information content (AvgIpc) is 2.35. The van der Waals surface area contributed by atoms with E-state index in [1.165, 1.54) is 0 Å². The average molecular weight is 220 g/mol. The molecule has 0 spiro atoms. The van der Waals surface area contributed by atoms with Gasteiger partial charge in [0.05, 0.1) is 6.04 Å². The first-order valence-electron chi connectivity index (χ1n) is 5.74. The summed E-state index contributed by atoms with van der Waals surface area (Å²) >= 11 is 0. The lowest BCUT2D eigenvalue weighted by atomic mass is 10.0. The molecule has 1 amide bonds. The van der Waals surface area contributed by atoms with Crippen molar-refractivity contribution in [3.8, 4) is 0 Å². The Kier molecular flexibility index (Phi) is 4.99. The van der Waals surface area contributed by atoms with Crippen LogP contribution >= 0.6 is 0 Å². The second kappa shape index (κ2) is 6.28. The topological polar surface area (TPSA) is 55.1 Å². The Hall–Kier alpha value is -1.35. The number of nitrogens with one attached hydrogen (secondary N) is 1. The van der Waals surface area contributed by atoms with E-state index in [2.05, 4.69) is 5.32 Å². The monoisotopic (exact) mass is 220 g/mol. The fourth-order valence-corrected chi connectivity index (χ4v) is 1.46. The predicted octanol–water partition coefficient (Wildman–Crippen LogP) is 1.85. The van der Waals surface area contributed by atoms with Crippen molar-refractivity contribution in [2.75, 3.05) is 6.54 Å². The van der Waals surface area contributed by atoms with Gasteiger partial charge in [-0.15, -0.1) is 0 Å². The largest absolute Gasteiger partial charge is 0.348 e. The second-order valence-corrected chi connectivity index (χ2v) is 4.02. The Labute approximate surface area is 97.0 Å².